The van der Waals surface area contributed by atoms with Crippen molar-refractivity contribution in [1.82, 2.24) is 14.8 Å². The van der Waals surface area contributed by atoms with Crippen LogP contribution in [0.5, 0.6) is 17.2 Å². The van der Waals surface area contributed by atoms with E-state index in [1.807, 2.05) is 18.2 Å². The second-order valence-corrected chi connectivity index (χ2v) is 15.7. The second kappa shape index (κ2) is 17.3. The maximum absolute atomic E-state index is 9.33. The number of ether oxygens (including phenoxy) is 3. The van der Waals surface area contributed by atoms with E-state index in [-0.39, 0.29) is 6.61 Å². The first-order chi connectivity index (χ1) is 25.9. The van der Waals surface area contributed by atoms with Gasteiger partial charge in [-0.05, 0) is 130 Å². The summed E-state index contributed by atoms with van der Waals surface area (Å²) in [4.78, 5) is 9.23. The number of nitriles is 1. The first kappa shape index (κ1) is 37.2. The van der Waals surface area contributed by atoms with Crippen LogP contribution in [0, 0.1) is 23.7 Å². The molecule has 1 aromatic heterocycles. The van der Waals surface area contributed by atoms with Gasteiger partial charge >= 0.3 is 0 Å². The Morgan fingerprint density at radius 1 is 0.868 bits per heavy atom. The first-order valence-corrected chi connectivity index (χ1v) is 19.7. The van der Waals surface area contributed by atoms with Crippen molar-refractivity contribution in [3.8, 4) is 34.4 Å². The number of nitrogens with two attached hydrogens (primary N) is 1. The fraction of sp³-hybridized carbons (Fsp3) is 0.455. The van der Waals surface area contributed by atoms with Crippen LogP contribution in [-0.4, -0.2) is 60.2 Å². The van der Waals surface area contributed by atoms with Gasteiger partial charge in [0, 0.05) is 48.7 Å². The van der Waals surface area contributed by atoms with Crippen LogP contribution in [0.15, 0.2) is 73.1 Å². The van der Waals surface area contributed by atoms with Crippen LogP contribution < -0.4 is 19.9 Å². The summed E-state index contributed by atoms with van der Waals surface area (Å²) in [7, 11) is 0. The third kappa shape index (κ3) is 9.52. The number of halogens is 1. The van der Waals surface area contributed by atoms with Crippen LogP contribution in [0.2, 0.25) is 5.02 Å². The van der Waals surface area contributed by atoms with Crippen LogP contribution in [0.4, 0.5) is 0 Å². The maximum atomic E-state index is 9.33. The molecule has 9 heteroatoms. The highest BCUT2D eigenvalue weighted by Crippen LogP contribution is 2.48. The van der Waals surface area contributed by atoms with Crippen molar-refractivity contribution in [3.05, 3.63) is 106 Å². The molecule has 7 rings (SSSR count). The van der Waals surface area contributed by atoms with Crippen LogP contribution >= 0.6 is 11.6 Å². The molecule has 278 valence electrons. The van der Waals surface area contributed by atoms with Crippen LogP contribution in [-0.2, 0) is 19.8 Å². The van der Waals surface area contributed by atoms with E-state index in [9.17, 15) is 5.26 Å². The molecule has 1 saturated carbocycles. The molecule has 2 aliphatic heterocycles. The van der Waals surface area contributed by atoms with E-state index in [0.717, 1.165) is 77.5 Å². The zero-order valence-corrected chi connectivity index (χ0v) is 31.8. The lowest BCUT2D eigenvalue weighted by Crippen LogP contribution is -2.52. The Labute approximate surface area is 319 Å². The summed E-state index contributed by atoms with van der Waals surface area (Å²) in [6.07, 6.45) is 13.0. The van der Waals surface area contributed by atoms with Crippen molar-refractivity contribution in [2.45, 2.75) is 84.1 Å². The third-order valence-corrected chi connectivity index (χ3v) is 11.7. The topological polar surface area (TPSA) is 96.9 Å². The summed E-state index contributed by atoms with van der Waals surface area (Å²) >= 11 is 6.88. The van der Waals surface area contributed by atoms with E-state index in [4.69, 9.17) is 31.5 Å². The maximum Gasteiger partial charge on any atom is 0.142 e. The molecule has 2 saturated heterocycles. The lowest BCUT2D eigenvalue weighted by atomic mass is 9.61. The molecule has 1 aliphatic carbocycles. The number of hydrogen-bond donors (Lipinski definition) is 1. The van der Waals surface area contributed by atoms with E-state index in [1.54, 1.807) is 18.5 Å². The highest BCUT2D eigenvalue weighted by atomic mass is 35.5. The second-order valence-electron chi connectivity index (χ2n) is 15.3. The van der Waals surface area contributed by atoms with E-state index in [1.165, 1.54) is 58.0 Å². The van der Waals surface area contributed by atoms with Gasteiger partial charge in [0.2, 0.25) is 0 Å². The minimum absolute atomic E-state index is 0.287. The standard InChI is InChI=1S/C44H52ClN5O3/c1-32-36(9-6-11-40(32)35-8-5-10-39(21-35)51-19-7-16-49-17-12-44(13-18-49)24-38(47)25-44)31-53-43-23-42(52-30-34-20-33(26-46)27-48-28-34)37(22-41(43)45)29-50-14-3-2-4-15-50/h5-6,8-11,20-23,27-28,38H,2-4,7,12-19,24-25,29-31,47H2,1H3. The van der Waals surface area contributed by atoms with Gasteiger partial charge in [0.05, 0.1) is 17.2 Å². The van der Waals surface area contributed by atoms with Crippen molar-refractivity contribution >= 4 is 11.6 Å². The molecule has 0 amide bonds. The van der Waals surface area contributed by atoms with Gasteiger partial charge in [-0.25, -0.2) is 0 Å². The Bertz CT molecular complexity index is 1890. The predicted molar refractivity (Wildman–Crippen MR) is 210 cm³/mol. The van der Waals surface area contributed by atoms with Crippen LogP contribution in [0.3, 0.4) is 0 Å². The molecule has 3 fully saturated rings. The van der Waals surface area contributed by atoms with Gasteiger partial charge in [-0.1, -0.05) is 48.4 Å². The summed E-state index contributed by atoms with van der Waals surface area (Å²) in [5.41, 5.74) is 13.5. The molecular weight excluding hydrogens is 682 g/mol. The fourth-order valence-corrected chi connectivity index (χ4v) is 8.58. The highest BCUT2D eigenvalue weighted by molar-refractivity contribution is 6.32. The van der Waals surface area contributed by atoms with Crippen molar-refractivity contribution in [2.24, 2.45) is 11.1 Å². The van der Waals surface area contributed by atoms with Gasteiger partial charge in [-0.15, -0.1) is 0 Å². The Balaban J connectivity index is 0.980. The quantitative estimate of drug-likeness (QED) is 0.129. The summed E-state index contributed by atoms with van der Waals surface area (Å²) in [5.74, 6) is 2.19. The lowest BCUT2D eigenvalue weighted by Gasteiger charge is -2.51. The molecule has 4 aromatic rings. The summed E-state index contributed by atoms with van der Waals surface area (Å²) in [5, 5.41) is 9.89. The van der Waals surface area contributed by atoms with E-state index in [2.05, 4.69) is 64.2 Å². The van der Waals surface area contributed by atoms with Crippen LogP contribution in [0.25, 0.3) is 11.1 Å². The molecule has 2 N–H and O–H groups in total. The summed E-state index contributed by atoms with van der Waals surface area (Å²) < 4.78 is 19.0. The van der Waals surface area contributed by atoms with Gasteiger partial charge in [-0.3, -0.25) is 9.88 Å². The molecule has 0 bridgehead atoms. The predicted octanol–water partition coefficient (Wildman–Crippen LogP) is 8.70. The Hall–Kier alpha value is -4.13. The average Bonchev–Trinajstić information content (AvgIpc) is 3.17. The van der Waals surface area contributed by atoms with E-state index >= 15 is 0 Å². The number of benzene rings is 3. The molecule has 0 radical (unpaired) electrons. The van der Waals surface area contributed by atoms with Crippen LogP contribution in [0.1, 0.15) is 79.2 Å². The van der Waals surface area contributed by atoms with Gasteiger partial charge < -0.3 is 24.8 Å². The fourth-order valence-electron chi connectivity index (χ4n) is 8.34. The number of rotatable bonds is 14. The van der Waals surface area contributed by atoms with Gasteiger partial charge in [-0.2, -0.15) is 5.26 Å². The molecule has 53 heavy (non-hydrogen) atoms. The number of likely N-dealkylation sites (tertiary alicyclic amines) is 2. The molecular formula is C44H52ClN5O3. The van der Waals surface area contributed by atoms with E-state index in [0.29, 0.717) is 41.0 Å². The van der Waals surface area contributed by atoms with Crippen molar-refractivity contribution < 1.29 is 14.2 Å². The Morgan fingerprint density at radius 2 is 1.66 bits per heavy atom. The molecule has 3 aromatic carbocycles. The highest BCUT2D eigenvalue weighted by Gasteiger charge is 2.44. The van der Waals surface area contributed by atoms with Crippen molar-refractivity contribution in [2.75, 3.05) is 39.3 Å². The molecule has 1 spiro atoms. The number of nitrogens with zero attached hydrogens (tertiary/aromatic N) is 4. The minimum atomic E-state index is 0.287. The van der Waals surface area contributed by atoms with Crippen molar-refractivity contribution in [3.63, 3.8) is 0 Å². The molecule has 3 aliphatic rings. The normalized spacial score (nSPS) is 17.6. The zero-order valence-electron chi connectivity index (χ0n) is 31.0. The first-order valence-electron chi connectivity index (χ1n) is 19.3. The van der Waals surface area contributed by atoms with Gasteiger partial charge in [0.1, 0.15) is 36.5 Å². The van der Waals surface area contributed by atoms with Crippen molar-refractivity contribution in [1.29, 1.82) is 5.26 Å². The zero-order chi connectivity index (χ0) is 36.6. The smallest absolute Gasteiger partial charge is 0.142 e. The SMILES string of the molecule is Cc1c(COc2cc(OCc3cncc(C#N)c3)c(CN3CCCCC3)cc2Cl)cccc1-c1cccc(OCCCN2CCC3(CC2)CC(N)C3)c1. The van der Waals surface area contributed by atoms with Gasteiger partial charge in [0.25, 0.3) is 0 Å². The third-order valence-electron chi connectivity index (χ3n) is 11.4. The number of piperidine rings is 2. The Kier molecular flexibility index (Phi) is 12.2. The van der Waals surface area contributed by atoms with Gasteiger partial charge in [0.15, 0.2) is 0 Å². The summed E-state index contributed by atoms with van der Waals surface area (Å²) in [6, 6.07) is 23.0. The minimum Gasteiger partial charge on any atom is -0.494 e. The number of hydrogen-bond acceptors (Lipinski definition) is 8. The largest absolute Gasteiger partial charge is 0.494 e. The summed E-state index contributed by atoms with van der Waals surface area (Å²) in [6.45, 7) is 9.81. The Morgan fingerprint density at radius 3 is 2.45 bits per heavy atom. The monoisotopic (exact) mass is 733 g/mol. The number of pyridine rings is 1. The molecule has 0 atom stereocenters. The average molecular weight is 734 g/mol. The molecule has 0 unspecified atom stereocenters. The van der Waals surface area contributed by atoms with E-state index < -0.39 is 0 Å². The molecule has 8 nitrogen and oxygen atoms in total. The lowest BCUT2D eigenvalue weighted by molar-refractivity contribution is 0.0168. The number of aromatic nitrogens is 1. The molecule has 3 heterocycles.